The van der Waals surface area contributed by atoms with Crippen LogP contribution in [-0.2, 0) is 11.0 Å². The number of carbonyl (C=O) groups is 1. The van der Waals surface area contributed by atoms with Crippen LogP contribution in [0.3, 0.4) is 0 Å². The molecule has 4 nitrogen and oxygen atoms in total. The SMILES string of the molecule is O=C(/C=C/c1ccc(C(F)(F)F)cc1)Oc1ccc2ccc(=O)oc2c1. The summed E-state index contributed by atoms with van der Waals surface area (Å²) in [7, 11) is 0. The Labute approximate surface area is 145 Å². The smallest absolute Gasteiger partial charge is 0.416 e. The molecular weight excluding hydrogens is 349 g/mol. The van der Waals surface area contributed by atoms with E-state index in [0.717, 1.165) is 18.2 Å². The first-order chi connectivity index (χ1) is 12.3. The van der Waals surface area contributed by atoms with Gasteiger partial charge in [-0.25, -0.2) is 9.59 Å². The molecule has 0 atom stereocenters. The zero-order chi connectivity index (χ0) is 18.7. The third-order valence-electron chi connectivity index (χ3n) is 3.46. The number of esters is 1. The van der Waals surface area contributed by atoms with Crippen molar-refractivity contribution in [3.63, 3.8) is 0 Å². The van der Waals surface area contributed by atoms with Crippen molar-refractivity contribution in [2.24, 2.45) is 0 Å². The van der Waals surface area contributed by atoms with Gasteiger partial charge in [0.25, 0.3) is 0 Å². The number of alkyl halides is 3. The highest BCUT2D eigenvalue weighted by molar-refractivity contribution is 5.89. The van der Waals surface area contributed by atoms with Crippen LogP contribution >= 0.6 is 0 Å². The van der Waals surface area contributed by atoms with Crippen molar-refractivity contribution < 1.29 is 27.1 Å². The van der Waals surface area contributed by atoms with Gasteiger partial charge in [-0.05, 0) is 42.0 Å². The third-order valence-corrected chi connectivity index (χ3v) is 3.46. The molecule has 0 bridgehead atoms. The first-order valence-electron chi connectivity index (χ1n) is 7.42. The van der Waals surface area contributed by atoms with Crippen molar-refractivity contribution >= 4 is 23.0 Å². The Balaban J connectivity index is 1.70. The minimum absolute atomic E-state index is 0.175. The lowest BCUT2D eigenvalue weighted by Crippen LogP contribution is -2.04. The normalized spacial score (nSPS) is 11.8. The summed E-state index contributed by atoms with van der Waals surface area (Å²) in [6.45, 7) is 0. The molecule has 26 heavy (non-hydrogen) atoms. The van der Waals surface area contributed by atoms with E-state index < -0.39 is 23.3 Å². The predicted molar refractivity (Wildman–Crippen MR) is 88.6 cm³/mol. The van der Waals surface area contributed by atoms with E-state index >= 15 is 0 Å². The molecule has 1 heterocycles. The summed E-state index contributed by atoms with van der Waals surface area (Å²) in [5, 5.41) is 0.671. The van der Waals surface area contributed by atoms with Crippen LogP contribution in [-0.4, -0.2) is 5.97 Å². The van der Waals surface area contributed by atoms with Crippen molar-refractivity contribution in [1.29, 1.82) is 0 Å². The van der Waals surface area contributed by atoms with Crippen LogP contribution in [0.15, 0.2) is 69.9 Å². The van der Waals surface area contributed by atoms with E-state index in [-0.39, 0.29) is 11.3 Å². The Morgan fingerprint density at radius 3 is 2.38 bits per heavy atom. The summed E-state index contributed by atoms with van der Waals surface area (Å²) in [6, 6.07) is 11.8. The second-order valence-corrected chi connectivity index (χ2v) is 5.33. The lowest BCUT2D eigenvalue weighted by atomic mass is 10.1. The largest absolute Gasteiger partial charge is 0.423 e. The Morgan fingerprint density at radius 1 is 1.00 bits per heavy atom. The molecule has 0 saturated carbocycles. The molecule has 1 aromatic heterocycles. The number of benzene rings is 2. The molecule has 2 aromatic carbocycles. The van der Waals surface area contributed by atoms with Gasteiger partial charge < -0.3 is 9.15 Å². The van der Waals surface area contributed by atoms with Gasteiger partial charge in [0.1, 0.15) is 11.3 Å². The van der Waals surface area contributed by atoms with Gasteiger partial charge in [0.05, 0.1) is 5.56 Å². The van der Waals surface area contributed by atoms with E-state index in [1.165, 1.54) is 36.4 Å². The maximum absolute atomic E-state index is 12.5. The zero-order valence-corrected chi connectivity index (χ0v) is 13.1. The molecule has 132 valence electrons. The number of carbonyl (C=O) groups excluding carboxylic acids is 1. The summed E-state index contributed by atoms with van der Waals surface area (Å²) in [5.41, 5.74) is -0.605. The second kappa shape index (κ2) is 6.87. The van der Waals surface area contributed by atoms with Crippen molar-refractivity contribution in [2.75, 3.05) is 0 Å². The molecule has 0 spiro atoms. The predicted octanol–water partition coefficient (Wildman–Crippen LogP) is 4.43. The molecule has 0 radical (unpaired) electrons. The Hall–Kier alpha value is -3.35. The lowest BCUT2D eigenvalue weighted by Gasteiger charge is -2.06. The number of halogens is 3. The molecule has 0 aliphatic carbocycles. The summed E-state index contributed by atoms with van der Waals surface area (Å²) in [5.74, 6) is -0.545. The van der Waals surface area contributed by atoms with Gasteiger partial charge in [-0.15, -0.1) is 0 Å². The number of ether oxygens (including phenoxy) is 1. The van der Waals surface area contributed by atoms with Crippen LogP contribution < -0.4 is 10.4 Å². The van der Waals surface area contributed by atoms with Gasteiger partial charge in [-0.2, -0.15) is 13.2 Å². The zero-order valence-electron chi connectivity index (χ0n) is 13.1. The number of rotatable bonds is 3. The minimum atomic E-state index is -4.41. The molecule has 0 aliphatic heterocycles. The number of hydrogen-bond acceptors (Lipinski definition) is 4. The van der Waals surface area contributed by atoms with Crippen LogP contribution in [0.25, 0.3) is 17.0 Å². The van der Waals surface area contributed by atoms with Crippen LogP contribution in [0, 0.1) is 0 Å². The van der Waals surface area contributed by atoms with Gasteiger partial charge in [0, 0.05) is 23.6 Å². The summed E-state index contributed by atoms with van der Waals surface area (Å²) in [6.07, 6.45) is -1.98. The van der Waals surface area contributed by atoms with E-state index in [9.17, 15) is 22.8 Å². The van der Waals surface area contributed by atoms with Gasteiger partial charge >= 0.3 is 17.8 Å². The average molecular weight is 360 g/mol. The molecule has 0 aliphatic rings. The molecule has 7 heteroatoms. The topological polar surface area (TPSA) is 56.5 Å². The van der Waals surface area contributed by atoms with Crippen LogP contribution in [0.5, 0.6) is 5.75 Å². The fraction of sp³-hybridized carbons (Fsp3) is 0.0526. The minimum Gasteiger partial charge on any atom is -0.423 e. The van der Waals surface area contributed by atoms with Gasteiger partial charge in [0.2, 0.25) is 0 Å². The van der Waals surface area contributed by atoms with E-state index in [4.69, 9.17) is 9.15 Å². The molecule has 3 aromatic rings. The highest BCUT2D eigenvalue weighted by Crippen LogP contribution is 2.29. The molecule has 0 N–H and O–H groups in total. The average Bonchev–Trinajstić information content (AvgIpc) is 2.59. The summed E-state index contributed by atoms with van der Waals surface area (Å²) in [4.78, 5) is 23.0. The lowest BCUT2D eigenvalue weighted by molar-refractivity contribution is -0.137. The fourth-order valence-corrected chi connectivity index (χ4v) is 2.20. The van der Waals surface area contributed by atoms with E-state index in [2.05, 4.69) is 0 Å². The monoisotopic (exact) mass is 360 g/mol. The summed E-state index contributed by atoms with van der Waals surface area (Å²) < 4.78 is 47.6. The Bertz CT molecular complexity index is 1030. The van der Waals surface area contributed by atoms with E-state index in [1.807, 2.05) is 0 Å². The Morgan fingerprint density at radius 2 is 1.69 bits per heavy atom. The maximum Gasteiger partial charge on any atom is 0.416 e. The van der Waals surface area contributed by atoms with E-state index in [1.54, 1.807) is 12.1 Å². The van der Waals surface area contributed by atoms with Crippen molar-refractivity contribution in [3.05, 3.63) is 82.2 Å². The van der Waals surface area contributed by atoms with Gasteiger partial charge in [-0.1, -0.05) is 12.1 Å². The van der Waals surface area contributed by atoms with Gasteiger partial charge in [-0.3, -0.25) is 0 Å². The molecule has 0 saturated heterocycles. The fourth-order valence-electron chi connectivity index (χ4n) is 2.20. The first-order valence-corrected chi connectivity index (χ1v) is 7.42. The molecular formula is C19H11F3O4. The van der Waals surface area contributed by atoms with Gasteiger partial charge in [0.15, 0.2) is 0 Å². The van der Waals surface area contributed by atoms with Crippen LogP contribution in [0.4, 0.5) is 13.2 Å². The van der Waals surface area contributed by atoms with E-state index in [0.29, 0.717) is 10.9 Å². The molecule has 0 amide bonds. The first kappa shape index (κ1) is 17.5. The second-order valence-electron chi connectivity index (χ2n) is 5.33. The van der Waals surface area contributed by atoms with Crippen molar-refractivity contribution in [2.45, 2.75) is 6.18 Å². The van der Waals surface area contributed by atoms with Crippen LogP contribution in [0.2, 0.25) is 0 Å². The highest BCUT2D eigenvalue weighted by Gasteiger charge is 2.29. The molecule has 0 fully saturated rings. The number of hydrogen-bond donors (Lipinski definition) is 0. The van der Waals surface area contributed by atoms with Crippen molar-refractivity contribution in [3.8, 4) is 5.75 Å². The van der Waals surface area contributed by atoms with Crippen molar-refractivity contribution in [1.82, 2.24) is 0 Å². The summed E-state index contributed by atoms with van der Waals surface area (Å²) >= 11 is 0. The maximum atomic E-state index is 12.5. The number of fused-ring (bicyclic) bond motifs is 1. The standard InChI is InChI=1S/C19H11F3O4/c20-19(21,22)14-6-1-12(2-7-14)3-9-17(23)25-15-8-4-13-5-10-18(24)26-16(13)11-15/h1-11H/b9-3+. The highest BCUT2D eigenvalue weighted by atomic mass is 19.4. The van der Waals surface area contributed by atoms with Crippen LogP contribution in [0.1, 0.15) is 11.1 Å². The Kier molecular flexibility index (Phi) is 4.62. The molecule has 3 rings (SSSR count). The third kappa shape index (κ3) is 4.18. The quantitative estimate of drug-likeness (QED) is 0.300. The molecule has 0 unspecified atom stereocenters.